The summed E-state index contributed by atoms with van der Waals surface area (Å²) in [5.41, 5.74) is 2.14. The van der Waals surface area contributed by atoms with Crippen molar-refractivity contribution in [2.75, 3.05) is 11.5 Å². The van der Waals surface area contributed by atoms with E-state index in [0.717, 1.165) is 49.7 Å². The van der Waals surface area contributed by atoms with Gasteiger partial charge in [-0.3, -0.25) is 0 Å². The van der Waals surface area contributed by atoms with Crippen molar-refractivity contribution in [3.05, 3.63) is 59.7 Å². The topological polar surface area (TPSA) is 68.3 Å². The molecular weight excluding hydrogens is 464 g/mol. The first-order valence-electron chi connectivity index (χ1n) is 12.8. The highest BCUT2D eigenvalue weighted by Crippen LogP contribution is 2.17. The van der Waals surface area contributed by atoms with Crippen molar-refractivity contribution in [3.8, 4) is 0 Å². The molecule has 4 nitrogen and oxygen atoms in total. The van der Waals surface area contributed by atoms with Gasteiger partial charge < -0.3 is 0 Å². The third-order valence-electron chi connectivity index (χ3n) is 6.34. The zero-order valence-corrected chi connectivity index (χ0v) is 22.6. The minimum Gasteiger partial charge on any atom is -0.224 e. The average Bonchev–Trinajstić information content (AvgIpc) is 2.80. The Morgan fingerprint density at radius 3 is 0.912 bits per heavy atom. The van der Waals surface area contributed by atoms with Crippen LogP contribution in [-0.2, 0) is 19.7 Å². The maximum Gasteiger partial charge on any atom is 0.178 e. The van der Waals surface area contributed by atoms with Crippen LogP contribution in [0, 0.1) is 13.8 Å². The lowest BCUT2D eigenvalue weighted by Gasteiger charge is -2.06. The molecule has 0 fully saturated rings. The van der Waals surface area contributed by atoms with Crippen LogP contribution >= 0.6 is 0 Å². The third-order valence-corrected chi connectivity index (χ3v) is 9.97. The van der Waals surface area contributed by atoms with E-state index in [-0.39, 0.29) is 11.5 Å². The summed E-state index contributed by atoms with van der Waals surface area (Å²) in [5, 5.41) is 0. The van der Waals surface area contributed by atoms with Gasteiger partial charge in [-0.05, 0) is 51.0 Å². The minimum atomic E-state index is -3.15. The first kappa shape index (κ1) is 28.6. The molecule has 2 aromatic rings. The number of hydrogen-bond donors (Lipinski definition) is 0. The number of benzene rings is 2. The van der Waals surface area contributed by atoms with Gasteiger partial charge in [-0.15, -0.1) is 0 Å². The molecule has 0 saturated carbocycles. The summed E-state index contributed by atoms with van der Waals surface area (Å²) in [4.78, 5) is 0.872. The standard InChI is InChI=1S/C28H42O4S2/c1-25-15-19-27(20-16-25)33(29,30)23-13-11-9-7-5-3-4-6-8-10-12-14-24-34(31,32)28-21-17-26(2)18-22-28/h15-22H,3-14,23-24H2,1-2H3. The van der Waals surface area contributed by atoms with Gasteiger partial charge in [0.2, 0.25) is 0 Å². The number of unbranched alkanes of at least 4 members (excludes halogenated alkanes) is 11. The van der Waals surface area contributed by atoms with Crippen molar-refractivity contribution >= 4 is 19.7 Å². The molecule has 0 radical (unpaired) electrons. The summed E-state index contributed by atoms with van der Waals surface area (Å²) in [6.07, 6.45) is 12.8. The zero-order chi connectivity index (χ0) is 24.9. The van der Waals surface area contributed by atoms with Crippen LogP contribution < -0.4 is 0 Å². The SMILES string of the molecule is Cc1ccc(S(=O)(=O)CCCCCCCCCCCCCCS(=O)(=O)c2ccc(C)cc2)cc1. The van der Waals surface area contributed by atoms with E-state index >= 15 is 0 Å². The predicted molar refractivity (Wildman–Crippen MR) is 142 cm³/mol. The number of hydrogen-bond acceptors (Lipinski definition) is 4. The van der Waals surface area contributed by atoms with Crippen molar-refractivity contribution in [3.63, 3.8) is 0 Å². The third kappa shape index (κ3) is 10.7. The van der Waals surface area contributed by atoms with Gasteiger partial charge in [-0.25, -0.2) is 16.8 Å². The molecule has 0 unspecified atom stereocenters. The Morgan fingerprint density at radius 2 is 0.647 bits per heavy atom. The Hall–Kier alpha value is -1.66. The molecule has 0 bridgehead atoms. The van der Waals surface area contributed by atoms with E-state index in [0.29, 0.717) is 9.79 Å². The van der Waals surface area contributed by atoms with Gasteiger partial charge in [0.25, 0.3) is 0 Å². The van der Waals surface area contributed by atoms with Crippen LogP contribution in [0.3, 0.4) is 0 Å². The van der Waals surface area contributed by atoms with Gasteiger partial charge in [0.05, 0.1) is 21.3 Å². The second-order valence-corrected chi connectivity index (χ2v) is 13.7. The summed E-state index contributed by atoms with van der Waals surface area (Å²) < 4.78 is 49.4. The van der Waals surface area contributed by atoms with Crippen LogP contribution in [0.15, 0.2) is 58.3 Å². The Balaban J connectivity index is 1.41. The fourth-order valence-corrected chi connectivity index (χ4v) is 6.82. The van der Waals surface area contributed by atoms with Crippen molar-refractivity contribution in [1.29, 1.82) is 0 Å². The summed E-state index contributed by atoms with van der Waals surface area (Å²) in [5.74, 6) is 0.477. The predicted octanol–water partition coefficient (Wildman–Crippen LogP) is 7.23. The lowest BCUT2D eigenvalue weighted by Crippen LogP contribution is -2.06. The van der Waals surface area contributed by atoms with E-state index in [9.17, 15) is 16.8 Å². The van der Waals surface area contributed by atoms with E-state index < -0.39 is 19.7 Å². The maximum absolute atomic E-state index is 12.3. The number of aryl methyl sites for hydroxylation is 2. The summed E-state index contributed by atoms with van der Waals surface area (Å²) in [6, 6.07) is 14.2. The number of sulfone groups is 2. The fourth-order valence-electron chi connectivity index (χ4n) is 4.08. The van der Waals surface area contributed by atoms with E-state index in [1.807, 2.05) is 38.1 Å². The monoisotopic (exact) mass is 506 g/mol. The largest absolute Gasteiger partial charge is 0.224 e. The van der Waals surface area contributed by atoms with Gasteiger partial charge in [-0.2, -0.15) is 0 Å². The van der Waals surface area contributed by atoms with Gasteiger partial charge in [0.15, 0.2) is 19.7 Å². The molecule has 0 aromatic heterocycles. The molecule has 2 rings (SSSR count). The first-order chi connectivity index (χ1) is 16.2. The molecule has 6 heteroatoms. The Labute approximate surface area is 208 Å². The molecule has 0 saturated heterocycles. The van der Waals surface area contributed by atoms with Crippen LogP contribution in [0.1, 0.15) is 88.2 Å². The van der Waals surface area contributed by atoms with Gasteiger partial charge in [0, 0.05) is 0 Å². The van der Waals surface area contributed by atoms with Crippen LogP contribution in [-0.4, -0.2) is 28.3 Å². The molecule has 0 heterocycles. The lowest BCUT2D eigenvalue weighted by atomic mass is 10.1. The fraction of sp³-hybridized carbons (Fsp3) is 0.571. The Bertz CT molecular complexity index is 951. The molecule has 0 atom stereocenters. The molecule has 2 aromatic carbocycles. The van der Waals surface area contributed by atoms with Crippen LogP contribution in [0.5, 0.6) is 0 Å². The Morgan fingerprint density at radius 1 is 0.412 bits per heavy atom. The molecule has 0 aliphatic carbocycles. The summed E-state index contributed by atoms with van der Waals surface area (Å²) >= 11 is 0. The van der Waals surface area contributed by atoms with E-state index in [4.69, 9.17) is 0 Å². The average molecular weight is 507 g/mol. The highest BCUT2D eigenvalue weighted by molar-refractivity contribution is 7.91. The van der Waals surface area contributed by atoms with Crippen molar-refractivity contribution in [2.24, 2.45) is 0 Å². The second kappa shape index (κ2) is 14.7. The highest BCUT2D eigenvalue weighted by atomic mass is 32.2. The Kier molecular flexibility index (Phi) is 12.3. The van der Waals surface area contributed by atoms with Crippen LogP contribution in [0.2, 0.25) is 0 Å². The molecule has 0 N–H and O–H groups in total. The van der Waals surface area contributed by atoms with Crippen molar-refractivity contribution in [1.82, 2.24) is 0 Å². The van der Waals surface area contributed by atoms with Crippen molar-refractivity contribution < 1.29 is 16.8 Å². The molecule has 34 heavy (non-hydrogen) atoms. The van der Waals surface area contributed by atoms with Gasteiger partial charge >= 0.3 is 0 Å². The second-order valence-electron chi connectivity index (χ2n) is 9.51. The zero-order valence-electron chi connectivity index (χ0n) is 21.0. The van der Waals surface area contributed by atoms with E-state index in [2.05, 4.69) is 0 Å². The van der Waals surface area contributed by atoms with Gasteiger partial charge in [0.1, 0.15) is 0 Å². The van der Waals surface area contributed by atoms with Gasteiger partial charge in [-0.1, -0.05) is 99.6 Å². The van der Waals surface area contributed by atoms with Crippen molar-refractivity contribution in [2.45, 2.75) is 101 Å². The van der Waals surface area contributed by atoms with E-state index in [1.54, 1.807) is 24.3 Å². The van der Waals surface area contributed by atoms with Crippen LogP contribution in [0.4, 0.5) is 0 Å². The molecule has 0 aliphatic heterocycles. The van der Waals surface area contributed by atoms with E-state index in [1.165, 1.54) is 38.5 Å². The molecule has 0 spiro atoms. The lowest BCUT2D eigenvalue weighted by molar-refractivity contribution is 0.544. The summed E-state index contributed by atoms with van der Waals surface area (Å²) in [7, 11) is -6.30. The number of rotatable bonds is 17. The molecular formula is C28H42O4S2. The molecule has 190 valence electrons. The minimum absolute atomic E-state index is 0.238. The first-order valence-corrected chi connectivity index (χ1v) is 16.1. The normalized spacial score (nSPS) is 12.2. The quantitative estimate of drug-likeness (QED) is 0.212. The van der Waals surface area contributed by atoms with Crippen LogP contribution in [0.25, 0.3) is 0 Å². The summed E-state index contributed by atoms with van der Waals surface area (Å²) in [6.45, 7) is 3.92. The maximum atomic E-state index is 12.3. The highest BCUT2D eigenvalue weighted by Gasteiger charge is 2.14. The smallest absolute Gasteiger partial charge is 0.178 e. The molecule has 0 aliphatic rings. The molecule has 0 amide bonds.